The molecule has 0 unspecified atom stereocenters. The molecule has 0 aliphatic rings. The molecule has 4 nitrogen and oxygen atoms in total. The lowest BCUT2D eigenvalue weighted by Crippen LogP contribution is -2.35. The molecule has 7 heteroatoms. The van der Waals surface area contributed by atoms with Gasteiger partial charge in [0.25, 0.3) is 6.43 Å². The van der Waals surface area contributed by atoms with E-state index in [9.17, 15) is 23.1 Å². The summed E-state index contributed by atoms with van der Waals surface area (Å²) in [5, 5.41) is 9.22. The summed E-state index contributed by atoms with van der Waals surface area (Å²) in [6, 6.07) is 3.19. The lowest BCUT2D eigenvalue weighted by molar-refractivity contribution is 0.0293. The van der Waals surface area contributed by atoms with Crippen molar-refractivity contribution in [1.29, 1.82) is 0 Å². The summed E-state index contributed by atoms with van der Waals surface area (Å²) in [6.45, 7) is 5.28. The Morgan fingerprint density at radius 1 is 1.28 bits per heavy atom. The topological polar surface area (TPSA) is 49.8 Å². The number of rotatable bonds is 7. The van der Waals surface area contributed by atoms with Gasteiger partial charge in [-0.3, -0.25) is 0 Å². The van der Waals surface area contributed by atoms with Crippen LogP contribution in [0, 0.1) is 5.82 Å². The van der Waals surface area contributed by atoms with Gasteiger partial charge >= 0.3 is 6.09 Å². The van der Waals surface area contributed by atoms with Gasteiger partial charge in [-0.25, -0.2) is 18.0 Å². The summed E-state index contributed by atoms with van der Waals surface area (Å²) in [6.07, 6.45) is -2.68. The molecular weight excluding hydrogens is 335 g/mol. The van der Waals surface area contributed by atoms with E-state index in [1.165, 1.54) is 4.90 Å². The van der Waals surface area contributed by atoms with Crippen molar-refractivity contribution in [3.63, 3.8) is 0 Å². The average Bonchev–Trinajstić information content (AvgIpc) is 2.49. The number of ether oxygens (including phenoxy) is 1. The van der Waals surface area contributed by atoms with Crippen molar-refractivity contribution in [2.24, 2.45) is 0 Å². The highest BCUT2D eigenvalue weighted by Crippen LogP contribution is 2.30. The lowest BCUT2D eigenvalue weighted by atomic mass is 9.91. The second-order valence-corrected chi connectivity index (χ2v) is 6.98. The van der Waals surface area contributed by atoms with Gasteiger partial charge in [-0.1, -0.05) is 6.07 Å². The number of nitrogens with zero attached hydrogens (tertiary/aromatic N) is 1. The SMILES string of the molecule is CN(CC[C@H](CCO)c1cc(C(F)F)ccc1F)C(=O)OC(C)(C)C. The predicted octanol–water partition coefficient (Wildman–Crippen LogP) is 4.49. The summed E-state index contributed by atoms with van der Waals surface area (Å²) in [7, 11) is 1.55. The Kier molecular flexibility index (Phi) is 7.73. The molecule has 0 saturated carbocycles. The normalized spacial score (nSPS) is 13.0. The molecule has 0 saturated heterocycles. The standard InChI is InChI=1S/C18H26F3NO3/c1-18(2,3)25-17(24)22(4)9-7-12(8-10-23)14-11-13(16(20)21)5-6-15(14)19/h5-6,11-12,16,23H,7-10H2,1-4H3/t12-/m1/s1. The molecular formula is C18H26F3NO3. The number of benzene rings is 1. The summed E-state index contributed by atoms with van der Waals surface area (Å²) in [5.41, 5.74) is -0.766. The van der Waals surface area contributed by atoms with Crippen LogP contribution in [0.5, 0.6) is 0 Å². The van der Waals surface area contributed by atoms with E-state index < -0.39 is 29.9 Å². The summed E-state index contributed by atoms with van der Waals surface area (Å²) < 4.78 is 45.0. The maximum Gasteiger partial charge on any atom is 0.410 e. The van der Waals surface area contributed by atoms with Crippen molar-refractivity contribution < 1.29 is 27.8 Å². The zero-order valence-electron chi connectivity index (χ0n) is 15.1. The molecule has 1 aromatic rings. The number of carbonyl (C=O) groups is 1. The highest BCUT2D eigenvalue weighted by Gasteiger charge is 2.22. The number of carbonyl (C=O) groups excluding carboxylic acids is 1. The average molecular weight is 361 g/mol. The van der Waals surface area contributed by atoms with Gasteiger partial charge in [0.1, 0.15) is 11.4 Å². The minimum Gasteiger partial charge on any atom is -0.444 e. The molecule has 0 radical (unpaired) electrons. The third-order valence-corrected chi connectivity index (χ3v) is 3.71. The molecule has 0 aromatic heterocycles. The fourth-order valence-electron chi connectivity index (χ4n) is 2.40. The first-order valence-electron chi connectivity index (χ1n) is 8.17. The maximum atomic E-state index is 14.1. The Balaban J connectivity index is 2.84. The number of hydrogen-bond donors (Lipinski definition) is 1. The molecule has 0 aliphatic carbocycles. The van der Waals surface area contributed by atoms with Crippen LogP contribution >= 0.6 is 0 Å². The molecule has 0 aliphatic heterocycles. The van der Waals surface area contributed by atoms with Gasteiger partial charge in [0.05, 0.1) is 0 Å². The van der Waals surface area contributed by atoms with E-state index in [1.54, 1.807) is 27.8 Å². The van der Waals surface area contributed by atoms with Gasteiger partial charge in [0.2, 0.25) is 0 Å². The molecule has 0 heterocycles. The summed E-state index contributed by atoms with van der Waals surface area (Å²) in [5.74, 6) is -1.07. The van der Waals surface area contributed by atoms with Crippen molar-refractivity contribution in [3.8, 4) is 0 Å². The minimum absolute atomic E-state index is 0.129. The number of amides is 1. The fourth-order valence-corrected chi connectivity index (χ4v) is 2.40. The maximum absolute atomic E-state index is 14.1. The van der Waals surface area contributed by atoms with Crippen LogP contribution in [0.1, 0.15) is 57.1 Å². The molecule has 1 amide bonds. The highest BCUT2D eigenvalue weighted by atomic mass is 19.3. The molecule has 1 atom stereocenters. The molecule has 1 rings (SSSR count). The molecule has 0 bridgehead atoms. The van der Waals surface area contributed by atoms with Crippen molar-refractivity contribution in [2.45, 2.75) is 51.6 Å². The number of aliphatic hydroxyl groups excluding tert-OH is 1. The van der Waals surface area contributed by atoms with Crippen LogP contribution in [0.3, 0.4) is 0 Å². The fraction of sp³-hybridized carbons (Fsp3) is 0.611. The van der Waals surface area contributed by atoms with Crippen LogP contribution < -0.4 is 0 Å². The summed E-state index contributed by atoms with van der Waals surface area (Å²) >= 11 is 0. The van der Waals surface area contributed by atoms with E-state index in [-0.39, 0.29) is 30.7 Å². The molecule has 1 aromatic carbocycles. The van der Waals surface area contributed by atoms with Crippen molar-refractivity contribution in [1.82, 2.24) is 4.90 Å². The highest BCUT2D eigenvalue weighted by molar-refractivity contribution is 5.67. The van der Waals surface area contributed by atoms with E-state index >= 15 is 0 Å². The van der Waals surface area contributed by atoms with Gasteiger partial charge in [0, 0.05) is 25.8 Å². The Bertz CT molecular complexity index is 573. The van der Waals surface area contributed by atoms with Crippen LogP contribution in [-0.4, -0.2) is 41.9 Å². The van der Waals surface area contributed by atoms with Gasteiger partial charge in [-0.2, -0.15) is 0 Å². The number of alkyl halides is 2. The molecule has 25 heavy (non-hydrogen) atoms. The first-order valence-corrected chi connectivity index (χ1v) is 8.17. The molecule has 1 N–H and O–H groups in total. The lowest BCUT2D eigenvalue weighted by Gasteiger charge is -2.26. The van der Waals surface area contributed by atoms with E-state index in [0.717, 1.165) is 18.2 Å². The zero-order chi connectivity index (χ0) is 19.2. The van der Waals surface area contributed by atoms with Gasteiger partial charge in [-0.05, 0) is 57.2 Å². The van der Waals surface area contributed by atoms with E-state index in [2.05, 4.69) is 0 Å². The Morgan fingerprint density at radius 2 is 1.92 bits per heavy atom. The largest absolute Gasteiger partial charge is 0.444 e. The Morgan fingerprint density at radius 3 is 2.44 bits per heavy atom. The van der Waals surface area contributed by atoms with Gasteiger partial charge in [0.15, 0.2) is 0 Å². The predicted molar refractivity (Wildman–Crippen MR) is 89.3 cm³/mol. The minimum atomic E-state index is -2.70. The number of hydrogen-bond acceptors (Lipinski definition) is 3. The van der Waals surface area contributed by atoms with Crippen LogP contribution in [0.4, 0.5) is 18.0 Å². The van der Waals surface area contributed by atoms with Crippen LogP contribution in [0.25, 0.3) is 0 Å². The smallest absolute Gasteiger partial charge is 0.410 e. The van der Waals surface area contributed by atoms with Crippen molar-refractivity contribution >= 4 is 6.09 Å². The number of aliphatic hydroxyl groups is 1. The molecule has 0 fully saturated rings. The molecule has 0 spiro atoms. The number of halogens is 3. The second-order valence-electron chi connectivity index (χ2n) is 6.98. The third kappa shape index (κ3) is 6.94. The van der Waals surface area contributed by atoms with Gasteiger partial charge < -0.3 is 14.7 Å². The van der Waals surface area contributed by atoms with E-state index in [1.807, 2.05) is 0 Å². The Hall–Kier alpha value is -1.76. The van der Waals surface area contributed by atoms with Crippen LogP contribution in [0.2, 0.25) is 0 Å². The summed E-state index contributed by atoms with van der Waals surface area (Å²) in [4.78, 5) is 13.3. The van der Waals surface area contributed by atoms with Crippen molar-refractivity contribution in [2.75, 3.05) is 20.2 Å². The third-order valence-electron chi connectivity index (χ3n) is 3.71. The monoisotopic (exact) mass is 361 g/mol. The first kappa shape index (κ1) is 21.3. The van der Waals surface area contributed by atoms with Crippen molar-refractivity contribution in [3.05, 3.63) is 35.1 Å². The van der Waals surface area contributed by atoms with Crippen LogP contribution in [-0.2, 0) is 4.74 Å². The van der Waals surface area contributed by atoms with E-state index in [4.69, 9.17) is 4.74 Å². The van der Waals surface area contributed by atoms with E-state index in [0.29, 0.717) is 6.42 Å². The molecule has 142 valence electrons. The van der Waals surface area contributed by atoms with Gasteiger partial charge in [-0.15, -0.1) is 0 Å². The quantitative estimate of drug-likeness (QED) is 0.779. The Labute approximate surface area is 146 Å². The zero-order valence-corrected chi connectivity index (χ0v) is 15.1. The second kappa shape index (κ2) is 9.08. The first-order chi connectivity index (χ1) is 11.5. The van der Waals surface area contributed by atoms with Crippen LogP contribution in [0.15, 0.2) is 18.2 Å².